The number of nitrogens with zero attached hydrogens (tertiary/aromatic N) is 3. The number of amides is 1. The fourth-order valence-corrected chi connectivity index (χ4v) is 2.71. The van der Waals surface area contributed by atoms with E-state index in [0.29, 0.717) is 26.2 Å². The van der Waals surface area contributed by atoms with Crippen LogP contribution in [0.5, 0.6) is 0 Å². The Labute approximate surface area is 178 Å². The highest BCUT2D eigenvalue weighted by molar-refractivity contribution is 14.0. The number of rotatable bonds is 10. The van der Waals surface area contributed by atoms with Crippen molar-refractivity contribution < 1.29 is 9.53 Å². The van der Waals surface area contributed by atoms with Gasteiger partial charge in [-0.05, 0) is 33.6 Å². The summed E-state index contributed by atoms with van der Waals surface area (Å²) in [6.07, 6.45) is 2.06. The highest BCUT2D eigenvalue weighted by Gasteiger charge is 2.28. The van der Waals surface area contributed by atoms with Gasteiger partial charge in [0.2, 0.25) is 5.91 Å². The Morgan fingerprint density at radius 1 is 1.26 bits per heavy atom. The van der Waals surface area contributed by atoms with E-state index in [1.54, 1.807) is 7.11 Å². The zero-order chi connectivity index (χ0) is 18.9. The van der Waals surface area contributed by atoms with Gasteiger partial charge in [0.05, 0.1) is 25.4 Å². The number of guanidine groups is 1. The van der Waals surface area contributed by atoms with Crippen molar-refractivity contribution in [2.75, 3.05) is 33.4 Å². The van der Waals surface area contributed by atoms with Gasteiger partial charge in [0.15, 0.2) is 5.96 Å². The summed E-state index contributed by atoms with van der Waals surface area (Å²) in [6, 6.07) is 0. The van der Waals surface area contributed by atoms with E-state index < -0.39 is 0 Å². The van der Waals surface area contributed by atoms with Gasteiger partial charge in [-0.2, -0.15) is 5.10 Å². The Kier molecular flexibility index (Phi) is 10.7. The third-order valence-electron chi connectivity index (χ3n) is 4.44. The van der Waals surface area contributed by atoms with Crippen molar-refractivity contribution in [3.05, 3.63) is 17.0 Å². The lowest BCUT2D eigenvalue weighted by Crippen LogP contribution is -2.41. The fourth-order valence-electron chi connectivity index (χ4n) is 2.71. The Bertz CT molecular complexity index is 628. The molecule has 154 valence electrons. The molecule has 0 radical (unpaired) electrons. The number of aryl methyl sites for hydroxylation is 1. The predicted molar refractivity (Wildman–Crippen MR) is 118 cm³/mol. The van der Waals surface area contributed by atoms with Crippen LogP contribution in [-0.2, 0) is 22.6 Å². The molecule has 0 spiro atoms. The van der Waals surface area contributed by atoms with Crippen LogP contribution in [-0.4, -0.2) is 55.0 Å². The first-order valence-corrected chi connectivity index (χ1v) is 9.38. The van der Waals surface area contributed by atoms with Crippen LogP contribution in [0, 0.1) is 19.8 Å². The largest absolute Gasteiger partial charge is 0.383 e. The number of ether oxygens (including phenoxy) is 1. The van der Waals surface area contributed by atoms with Crippen LogP contribution < -0.4 is 16.0 Å². The van der Waals surface area contributed by atoms with Gasteiger partial charge in [0, 0.05) is 43.9 Å². The van der Waals surface area contributed by atoms with Crippen molar-refractivity contribution in [1.82, 2.24) is 25.7 Å². The number of carbonyl (C=O) groups is 1. The fraction of sp³-hybridized carbons (Fsp3) is 0.722. The maximum absolute atomic E-state index is 11.6. The molecule has 1 saturated carbocycles. The summed E-state index contributed by atoms with van der Waals surface area (Å²) < 4.78 is 7.10. The molecule has 0 bridgehead atoms. The Morgan fingerprint density at radius 2 is 1.96 bits per heavy atom. The van der Waals surface area contributed by atoms with E-state index in [0.717, 1.165) is 48.8 Å². The molecule has 0 saturated heterocycles. The number of halogens is 1. The molecule has 1 fully saturated rings. The van der Waals surface area contributed by atoms with Gasteiger partial charge in [-0.3, -0.25) is 9.48 Å². The van der Waals surface area contributed by atoms with Crippen LogP contribution in [0.3, 0.4) is 0 Å². The Morgan fingerprint density at radius 3 is 2.59 bits per heavy atom. The quantitative estimate of drug-likeness (QED) is 0.199. The number of methoxy groups -OCH3 is 1. The second-order valence-electron chi connectivity index (χ2n) is 6.55. The van der Waals surface area contributed by atoms with Crippen LogP contribution in [0.1, 0.15) is 36.7 Å². The van der Waals surface area contributed by atoms with Crippen molar-refractivity contribution in [3.8, 4) is 0 Å². The molecule has 0 aromatic carbocycles. The molecule has 1 aliphatic carbocycles. The minimum absolute atomic E-state index is 0. The van der Waals surface area contributed by atoms with Gasteiger partial charge in [-0.15, -0.1) is 24.0 Å². The molecular weight excluding hydrogens is 459 g/mol. The molecule has 1 aromatic rings. The third kappa shape index (κ3) is 7.65. The van der Waals surface area contributed by atoms with Crippen LogP contribution >= 0.6 is 24.0 Å². The molecule has 8 nitrogen and oxygen atoms in total. The third-order valence-corrected chi connectivity index (χ3v) is 4.44. The minimum atomic E-state index is 0. The predicted octanol–water partition coefficient (Wildman–Crippen LogP) is 1.35. The normalized spacial score (nSPS) is 13.9. The second kappa shape index (κ2) is 12.2. The lowest BCUT2D eigenvalue weighted by atomic mass is 10.2. The average molecular weight is 492 g/mol. The topological polar surface area (TPSA) is 92.6 Å². The first kappa shape index (κ1) is 23.7. The highest BCUT2D eigenvalue weighted by atomic mass is 127. The highest BCUT2D eigenvalue weighted by Crippen LogP contribution is 2.28. The van der Waals surface area contributed by atoms with E-state index in [2.05, 4.69) is 33.0 Å². The molecule has 1 amide bonds. The first-order valence-electron chi connectivity index (χ1n) is 9.38. The molecule has 1 aliphatic rings. The SMILES string of the molecule is CCNC(=NCc1c(C)nn(CCOC)c1C)NCCNC(=O)C1CC1.I. The zero-order valence-corrected chi connectivity index (χ0v) is 19.1. The number of hydrogen-bond acceptors (Lipinski definition) is 4. The van der Waals surface area contributed by atoms with Gasteiger partial charge in [-0.25, -0.2) is 4.99 Å². The summed E-state index contributed by atoms with van der Waals surface area (Å²) in [5.41, 5.74) is 3.26. The summed E-state index contributed by atoms with van der Waals surface area (Å²) in [6.45, 7) is 10.1. The lowest BCUT2D eigenvalue weighted by molar-refractivity contribution is -0.122. The summed E-state index contributed by atoms with van der Waals surface area (Å²) >= 11 is 0. The maximum atomic E-state index is 11.6. The summed E-state index contributed by atoms with van der Waals surface area (Å²) in [5.74, 6) is 1.16. The van der Waals surface area contributed by atoms with Crippen molar-refractivity contribution >= 4 is 35.8 Å². The minimum Gasteiger partial charge on any atom is -0.383 e. The van der Waals surface area contributed by atoms with E-state index in [1.807, 2.05) is 18.5 Å². The molecule has 0 unspecified atom stereocenters. The molecule has 1 heterocycles. The zero-order valence-electron chi connectivity index (χ0n) is 16.8. The number of aliphatic imine (C=N–C) groups is 1. The van der Waals surface area contributed by atoms with Gasteiger partial charge in [0.25, 0.3) is 0 Å². The van der Waals surface area contributed by atoms with Gasteiger partial charge in [0.1, 0.15) is 0 Å². The Hall–Kier alpha value is -1.36. The number of nitrogens with one attached hydrogen (secondary N) is 3. The van der Waals surface area contributed by atoms with E-state index in [1.165, 1.54) is 0 Å². The van der Waals surface area contributed by atoms with E-state index >= 15 is 0 Å². The monoisotopic (exact) mass is 492 g/mol. The standard InChI is InChI=1S/C18H32N6O2.HI/c1-5-19-18(21-9-8-20-17(25)15-6-7-15)22-12-16-13(2)23-24(14(16)3)10-11-26-4;/h15H,5-12H2,1-4H3,(H,20,25)(H2,19,21,22);1H. The summed E-state index contributed by atoms with van der Waals surface area (Å²) in [5, 5.41) is 14.0. The molecule has 3 N–H and O–H groups in total. The Balaban J connectivity index is 0.00000364. The molecular formula is C18H33IN6O2. The van der Waals surface area contributed by atoms with Crippen LogP contribution in [0.2, 0.25) is 0 Å². The molecule has 1 aromatic heterocycles. The number of hydrogen-bond donors (Lipinski definition) is 3. The lowest BCUT2D eigenvalue weighted by Gasteiger charge is -2.12. The van der Waals surface area contributed by atoms with Crippen molar-refractivity contribution in [2.45, 2.75) is 46.7 Å². The second-order valence-corrected chi connectivity index (χ2v) is 6.55. The molecule has 27 heavy (non-hydrogen) atoms. The van der Waals surface area contributed by atoms with Gasteiger partial charge < -0.3 is 20.7 Å². The van der Waals surface area contributed by atoms with Crippen LogP contribution in [0.4, 0.5) is 0 Å². The molecule has 9 heteroatoms. The van der Waals surface area contributed by atoms with Crippen LogP contribution in [0.15, 0.2) is 4.99 Å². The maximum Gasteiger partial charge on any atom is 0.223 e. The molecule has 0 atom stereocenters. The van der Waals surface area contributed by atoms with Crippen molar-refractivity contribution in [1.29, 1.82) is 0 Å². The average Bonchev–Trinajstić information content (AvgIpc) is 3.43. The molecule has 2 rings (SSSR count). The van der Waals surface area contributed by atoms with Gasteiger partial charge >= 0.3 is 0 Å². The number of carbonyl (C=O) groups excluding carboxylic acids is 1. The van der Waals surface area contributed by atoms with Crippen molar-refractivity contribution in [3.63, 3.8) is 0 Å². The molecule has 0 aliphatic heterocycles. The number of aromatic nitrogens is 2. The smallest absolute Gasteiger partial charge is 0.223 e. The van der Waals surface area contributed by atoms with E-state index in [-0.39, 0.29) is 35.8 Å². The van der Waals surface area contributed by atoms with Gasteiger partial charge in [-0.1, -0.05) is 0 Å². The van der Waals surface area contributed by atoms with Crippen molar-refractivity contribution in [2.24, 2.45) is 10.9 Å². The summed E-state index contributed by atoms with van der Waals surface area (Å²) in [4.78, 5) is 16.3. The first-order chi connectivity index (χ1) is 12.6. The van der Waals surface area contributed by atoms with E-state index in [9.17, 15) is 4.79 Å². The summed E-state index contributed by atoms with van der Waals surface area (Å²) in [7, 11) is 1.69. The van der Waals surface area contributed by atoms with Crippen LogP contribution in [0.25, 0.3) is 0 Å². The van der Waals surface area contributed by atoms with E-state index in [4.69, 9.17) is 4.74 Å².